The van der Waals surface area contributed by atoms with E-state index in [1.807, 2.05) is 18.2 Å². The molecule has 2 aliphatic heterocycles. The molecule has 1 aromatic heterocycles. The molecule has 2 aliphatic rings. The maximum absolute atomic E-state index is 5.58. The van der Waals surface area contributed by atoms with Gasteiger partial charge in [0.25, 0.3) is 0 Å². The van der Waals surface area contributed by atoms with E-state index >= 15 is 0 Å². The molecule has 4 heteroatoms. The second kappa shape index (κ2) is 4.16. The van der Waals surface area contributed by atoms with E-state index in [4.69, 9.17) is 9.41 Å². The van der Waals surface area contributed by atoms with Crippen LogP contribution in [-0.2, 0) is 0 Å². The van der Waals surface area contributed by atoms with Crippen molar-refractivity contribution in [3.8, 4) is 0 Å². The monoisotopic (exact) mass is 253 g/mol. The molecule has 0 bridgehead atoms. The molecule has 1 unspecified atom stereocenters. The summed E-state index contributed by atoms with van der Waals surface area (Å²) < 4.78 is 5.58. The van der Waals surface area contributed by atoms with Crippen LogP contribution >= 0.6 is 0 Å². The Labute approximate surface area is 111 Å². The van der Waals surface area contributed by atoms with Crippen molar-refractivity contribution in [2.75, 3.05) is 18.4 Å². The second-order valence-corrected chi connectivity index (χ2v) is 4.86. The summed E-state index contributed by atoms with van der Waals surface area (Å²) in [5.74, 6) is 2.02. The molecule has 4 nitrogen and oxygen atoms in total. The Bertz CT molecular complexity index is 618. The van der Waals surface area contributed by atoms with Crippen molar-refractivity contribution < 1.29 is 4.42 Å². The molecule has 1 aromatic carbocycles. The Morgan fingerprint density at radius 3 is 3.05 bits per heavy atom. The molecule has 96 valence electrons. The number of benzene rings is 1. The predicted octanol–water partition coefficient (Wildman–Crippen LogP) is 2.86. The van der Waals surface area contributed by atoms with Crippen molar-refractivity contribution in [3.05, 3.63) is 54.0 Å². The number of nitrogens with one attached hydrogen (secondary N) is 1. The third-order valence-electron chi connectivity index (χ3n) is 3.68. The van der Waals surface area contributed by atoms with Gasteiger partial charge in [-0.2, -0.15) is 0 Å². The number of furan rings is 1. The molecule has 0 aliphatic carbocycles. The minimum absolute atomic E-state index is 0.0453. The molecular formula is C15H15N3O. The molecule has 0 amide bonds. The third kappa shape index (κ3) is 1.63. The molecule has 0 saturated heterocycles. The number of aliphatic imine (C=N–C) groups is 1. The molecule has 0 saturated carbocycles. The summed E-state index contributed by atoms with van der Waals surface area (Å²) in [5, 5.41) is 3.55. The van der Waals surface area contributed by atoms with Crippen LogP contribution in [0.1, 0.15) is 23.9 Å². The lowest BCUT2D eigenvalue weighted by molar-refractivity contribution is 0.283. The first-order valence-corrected chi connectivity index (χ1v) is 6.64. The largest absolute Gasteiger partial charge is 0.465 e. The van der Waals surface area contributed by atoms with Gasteiger partial charge in [-0.1, -0.05) is 12.1 Å². The fourth-order valence-electron chi connectivity index (χ4n) is 2.81. The Morgan fingerprint density at radius 1 is 1.21 bits per heavy atom. The summed E-state index contributed by atoms with van der Waals surface area (Å²) in [5.41, 5.74) is 2.31. The van der Waals surface area contributed by atoms with Crippen molar-refractivity contribution in [2.24, 2.45) is 4.99 Å². The van der Waals surface area contributed by atoms with E-state index < -0.39 is 0 Å². The normalized spacial score (nSPS) is 21.2. The number of para-hydroxylation sites is 1. The lowest BCUT2D eigenvalue weighted by Gasteiger charge is -2.41. The summed E-state index contributed by atoms with van der Waals surface area (Å²) in [7, 11) is 0. The van der Waals surface area contributed by atoms with Crippen LogP contribution < -0.4 is 5.32 Å². The average molecular weight is 253 g/mol. The van der Waals surface area contributed by atoms with E-state index in [1.54, 1.807) is 6.26 Å². The van der Waals surface area contributed by atoms with E-state index in [0.29, 0.717) is 0 Å². The molecule has 4 rings (SSSR count). The van der Waals surface area contributed by atoms with Gasteiger partial charge in [-0.3, -0.25) is 4.99 Å². The number of nitrogens with zero attached hydrogens (tertiary/aromatic N) is 2. The molecule has 19 heavy (non-hydrogen) atoms. The zero-order chi connectivity index (χ0) is 12.7. The maximum atomic E-state index is 5.58. The van der Waals surface area contributed by atoms with Crippen molar-refractivity contribution >= 4 is 11.5 Å². The lowest BCUT2D eigenvalue weighted by Crippen LogP contribution is -2.45. The first kappa shape index (κ1) is 10.7. The van der Waals surface area contributed by atoms with Crippen molar-refractivity contribution in [2.45, 2.75) is 12.6 Å². The van der Waals surface area contributed by atoms with Gasteiger partial charge in [-0.05, 0) is 30.7 Å². The number of fused-ring (bicyclic) bond motifs is 3. The van der Waals surface area contributed by atoms with E-state index in [1.165, 1.54) is 5.56 Å². The van der Waals surface area contributed by atoms with Gasteiger partial charge < -0.3 is 14.6 Å². The zero-order valence-electron chi connectivity index (χ0n) is 10.5. The van der Waals surface area contributed by atoms with Crippen molar-refractivity contribution in [1.29, 1.82) is 0 Å². The first-order chi connectivity index (χ1) is 9.43. The number of hydrogen-bond acceptors (Lipinski definition) is 4. The number of anilines is 1. The Balaban J connectivity index is 1.85. The summed E-state index contributed by atoms with van der Waals surface area (Å²) in [6.45, 7) is 1.91. The van der Waals surface area contributed by atoms with Gasteiger partial charge in [0.15, 0.2) is 6.17 Å². The van der Waals surface area contributed by atoms with Crippen LogP contribution in [-0.4, -0.2) is 23.8 Å². The summed E-state index contributed by atoms with van der Waals surface area (Å²) in [4.78, 5) is 7.01. The van der Waals surface area contributed by atoms with Crippen LogP contribution in [0.5, 0.6) is 0 Å². The molecule has 3 heterocycles. The zero-order valence-corrected chi connectivity index (χ0v) is 10.5. The SMILES string of the molecule is c1coc(C2Nc3ccccc3C3=NCCCN32)c1. The Hall–Kier alpha value is -2.23. The molecular weight excluding hydrogens is 238 g/mol. The standard InChI is InChI=1S/C15H15N3O/c1-2-6-12-11(5-1)14-16-8-4-9-18(14)15(17-12)13-7-3-10-19-13/h1-3,5-7,10,15,17H,4,8-9H2. The molecule has 0 radical (unpaired) electrons. The second-order valence-electron chi connectivity index (χ2n) is 4.86. The topological polar surface area (TPSA) is 40.8 Å². The summed E-state index contributed by atoms with van der Waals surface area (Å²) in [6, 6.07) is 12.3. The van der Waals surface area contributed by atoms with Crippen LogP contribution in [0.2, 0.25) is 0 Å². The molecule has 2 aromatic rings. The van der Waals surface area contributed by atoms with Crippen LogP contribution in [0, 0.1) is 0 Å². The van der Waals surface area contributed by atoms with Gasteiger partial charge in [-0.15, -0.1) is 0 Å². The first-order valence-electron chi connectivity index (χ1n) is 6.64. The predicted molar refractivity (Wildman–Crippen MR) is 74.2 cm³/mol. The summed E-state index contributed by atoms with van der Waals surface area (Å²) in [6.07, 6.45) is 2.85. The fraction of sp³-hybridized carbons (Fsp3) is 0.267. The molecule has 1 N–H and O–H groups in total. The Morgan fingerprint density at radius 2 is 2.16 bits per heavy atom. The van der Waals surface area contributed by atoms with Crippen LogP contribution in [0.15, 0.2) is 52.1 Å². The van der Waals surface area contributed by atoms with Crippen molar-refractivity contribution in [1.82, 2.24) is 4.90 Å². The highest BCUT2D eigenvalue weighted by Gasteiger charge is 2.33. The quantitative estimate of drug-likeness (QED) is 0.849. The van der Waals surface area contributed by atoms with Gasteiger partial charge in [0.2, 0.25) is 0 Å². The summed E-state index contributed by atoms with van der Waals surface area (Å²) >= 11 is 0. The van der Waals surface area contributed by atoms with Crippen LogP contribution in [0.25, 0.3) is 0 Å². The minimum Gasteiger partial charge on any atom is -0.465 e. The van der Waals surface area contributed by atoms with E-state index in [9.17, 15) is 0 Å². The number of hydrogen-bond donors (Lipinski definition) is 1. The van der Waals surface area contributed by atoms with Gasteiger partial charge in [-0.25, -0.2) is 0 Å². The highest BCUT2D eigenvalue weighted by Crippen LogP contribution is 2.34. The van der Waals surface area contributed by atoms with E-state index in [-0.39, 0.29) is 6.17 Å². The number of amidine groups is 1. The van der Waals surface area contributed by atoms with Gasteiger partial charge in [0.1, 0.15) is 11.6 Å². The van der Waals surface area contributed by atoms with Crippen LogP contribution in [0.3, 0.4) is 0 Å². The molecule has 0 fully saturated rings. The minimum atomic E-state index is 0.0453. The Kier molecular flexibility index (Phi) is 2.33. The highest BCUT2D eigenvalue weighted by atomic mass is 16.3. The van der Waals surface area contributed by atoms with E-state index in [2.05, 4.69) is 28.4 Å². The van der Waals surface area contributed by atoms with Crippen molar-refractivity contribution in [3.63, 3.8) is 0 Å². The fourth-order valence-corrected chi connectivity index (χ4v) is 2.81. The highest BCUT2D eigenvalue weighted by molar-refractivity contribution is 6.05. The smallest absolute Gasteiger partial charge is 0.160 e. The van der Waals surface area contributed by atoms with Gasteiger partial charge in [0, 0.05) is 24.3 Å². The van der Waals surface area contributed by atoms with Gasteiger partial charge >= 0.3 is 0 Å². The maximum Gasteiger partial charge on any atom is 0.160 e. The van der Waals surface area contributed by atoms with E-state index in [0.717, 1.165) is 36.8 Å². The molecule has 1 atom stereocenters. The molecule has 0 spiro atoms. The van der Waals surface area contributed by atoms with Crippen LogP contribution in [0.4, 0.5) is 5.69 Å². The third-order valence-corrected chi connectivity index (χ3v) is 3.68. The lowest BCUT2D eigenvalue weighted by atomic mass is 10.0. The number of rotatable bonds is 1. The average Bonchev–Trinajstić information content (AvgIpc) is 3.00. The van der Waals surface area contributed by atoms with Gasteiger partial charge in [0.05, 0.1) is 6.26 Å².